The van der Waals surface area contributed by atoms with Crippen molar-refractivity contribution in [3.05, 3.63) is 64.6 Å². The molecule has 33 heavy (non-hydrogen) atoms. The van der Waals surface area contributed by atoms with Crippen molar-refractivity contribution < 1.29 is 23.0 Å². The van der Waals surface area contributed by atoms with Crippen LogP contribution in [0.15, 0.2) is 59.1 Å². The van der Waals surface area contributed by atoms with Crippen molar-refractivity contribution in [1.29, 1.82) is 0 Å². The molecule has 0 fully saturated rings. The first-order valence-corrected chi connectivity index (χ1v) is 11.0. The summed E-state index contributed by atoms with van der Waals surface area (Å²) in [5.41, 5.74) is 1.83. The average molecular weight is 525 g/mol. The molecule has 3 N–H and O–H groups in total. The topological polar surface area (TPSA) is 79.3 Å². The van der Waals surface area contributed by atoms with Gasteiger partial charge in [-0.25, -0.2) is 4.98 Å². The lowest BCUT2D eigenvalue weighted by molar-refractivity contribution is -0.274. The monoisotopic (exact) mass is 524 g/mol. The molecule has 1 heterocycles. The molecule has 1 aromatic heterocycles. The molecule has 0 aliphatic carbocycles. The molecule has 0 radical (unpaired) electrons. The Morgan fingerprint density at radius 1 is 1.06 bits per heavy atom. The van der Waals surface area contributed by atoms with Gasteiger partial charge in [0, 0.05) is 22.6 Å². The molecule has 0 saturated heterocycles. The third-order valence-corrected chi connectivity index (χ3v) is 5.60. The highest BCUT2D eigenvalue weighted by Crippen LogP contribution is 2.29. The summed E-state index contributed by atoms with van der Waals surface area (Å²) in [4.78, 5) is 8.95. The second kappa shape index (κ2) is 10.8. The molecular formula is C23H24BrF3N4O2. The van der Waals surface area contributed by atoms with Crippen LogP contribution in [0.4, 0.5) is 24.9 Å². The maximum atomic E-state index is 12.7. The maximum absolute atomic E-state index is 12.7. The van der Waals surface area contributed by atoms with E-state index >= 15 is 0 Å². The molecule has 0 saturated carbocycles. The third-order valence-electron chi connectivity index (χ3n) is 4.82. The quantitative estimate of drug-likeness (QED) is 0.326. The van der Waals surface area contributed by atoms with Crippen LogP contribution < -0.4 is 15.4 Å². The summed E-state index contributed by atoms with van der Waals surface area (Å²) in [6.07, 6.45) is -4.79. The minimum atomic E-state index is -4.79. The molecule has 10 heteroatoms. The number of ether oxygens (including phenoxy) is 1. The van der Waals surface area contributed by atoms with Gasteiger partial charge in [0.25, 0.3) is 0 Å². The van der Waals surface area contributed by atoms with Gasteiger partial charge in [-0.2, -0.15) is 4.98 Å². The van der Waals surface area contributed by atoms with Gasteiger partial charge in [-0.3, -0.25) is 0 Å². The van der Waals surface area contributed by atoms with Crippen molar-refractivity contribution in [3.63, 3.8) is 0 Å². The molecular weight excluding hydrogens is 501 g/mol. The van der Waals surface area contributed by atoms with Crippen molar-refractivity contribution in [2.24, 2.45) is 5.92 Å². The van der Waals surface area contributed by atoms with Crippen LogP contribution >= 0.6 is 15.9 Å². The van der Waals surface area contributed by atoms with Crippen LogP contribution in [0.1, 0.15) is 19.4 Å². The fourth-order valence-electron chi connectivity index (χ4n) is 3.02. The van der Waals surface area contributed by atoms with E-state index in [0.29, 0.717) is 23.6 Å². The summed E-state index contributed by atoms with van der Waals surface area (Å²) >= 11 is 3.51. The number of nitrogens with one attached hydrogen (secondary N) is 2. The summed E-state index contributed by atoms with van der Waals surface area (Å²) in [7, 11) is 0. The molecule has 3 rings (SSSR count). The van der Waals surface area contributed by atoms with E-state index in [1.54, 1.807) is 12.1 Å². The SMILES string of the molecule is CC(C)[C@@H](CO)Nc1nc(NCc2ccccc2Br)cc(-c2cccc(OC(F)(F)F)c2)n1. The van der Waals surface area contributed by atoms with E-state index in [1.165, 1.54) is 18.2 Å². The van der Waals surface area contributed by atoms with Gasteiger partial charge in [0.15, 0.2) is 0 Å². The van der Waals surface area contributed by atoms with Gasteiger partial charge in [-0.1, -0.05) is 60.1 Å². The molecule has 176 valence electrons. The largest absolute Gasteiger partial charge is 0.573 e. The van der Waals surface area contributed by atoms with Crippen LogP contribution in [-0.2, 0) is 6.54 Å². The Bertz CT molecular complexity index is 1080. The number of aliphatic hydroxyl groups is 1. The maximum Gasteiger partial charge on any atom is 0.573 e. The normalized spacial score (nSPS) is 12.5. The number of halogens is 4. The molecule has 6 nitrogen and oxygen atoms in total. The molecule has 2 aromatic carbocycles. The van der Waals surface area contributed by atoms with Crippen LogP contribution in [0.25, 0.3) is 11.3 Å². The standard InChI is InChI=1S/C23H24BrF3N4O2/c1-14(2)20(13-32)30-22-29-19(15-7-5-8-17(10-15)33-23(25,26)27)11-21(31-22)28-12-16-6-3-4-9-18(16)24/h3-11,14,20,32H,12-13H2,1-2H3,(H2,28,29,30,31)/t20-/m1/s1. The van der Waals surface area contributed by atoms with E-state index in [9.17, 15) is 18.3 Å². The number of anilines is 2. The number of nitrogens with zero attached hydrogens (tertiary/aromatic N) is 2. The van der Waals surface area contributed by atoms with Crippen LogP contribution in [0.2, 0.25) is 0 Å². The third kappa shape index (κ3) is 7.33. The first kappa shape index (κ1) is 24.8. The molecule has 0 aliphatic rings. The van der Waals surface area contributed by atoms with E-state index in [-0.39, 0.29) is 30.3 Å². The van der Waals surface area contributed by atoms with Crippen molar-refractivity contribution in [1.82, 2.24) is 9.97 Å². The summed E-state index contributed by atoms with van der Waals surface area (Å²) in [6, 6.07) is 14.7. The molecule has 3 aromatic rings. The van der Waals surface area contributed by atoms with E-state index in [1.807, 2.05) is 38.1 Å². The van der Waals surface area contributed by atoms with Gasteiger partial charge >= 0.3 is 6.36 Å². The second-order valence-electron chi connectivity index (χ2n) is 7.66. The van der Waals surface area contributed by atoms with E-state index in [0.717, 1.165) is 10.0 Å². The average Bonchev–Trinajstić information content (AvgIpc) is 2.75. The summed E-state index contributed by atoms with van der Waals surface area (Å²) in [6.45, 7) is 4.23. The van der Waals surface area contributed by atoms with Gasteiger partial charge in [-0.05, 0) is 29.7 Å². The number of aliphatic hydroxyl groups excluding tert-OH is 1. The van der Waals surface area contributed by atoms with Crippen LogP contribution in [-0.4, -0.2) is 34.1 Å². The lowest BCUT2D eigenvalue weighted by Crippen LogP contribution is -2.30. The second-order valence-corrected chi connectivity index (χ2v) is 8.51. The zero-order chi connectivity index (χ0) is 24.0. The fourth-order valence-corrected chi connectivity index (χ4v) is 3.44. The Hall–Kier alpha value is -2.85. The van der Waals surface area contributed by atoms with Gasteiger partial charge in [0.05, 0.1) is 18.3 Å². The van der Waals surface area contributed by atoms with Crippen molar-refractivity contribution >= 4 is 27.7 Å². The minimum absolute atomic E-state index is 0.0995. The highest BCUT2D eigenvalue weighted by Gasteiger charge is 2.31. The minimum Gasteiger partial charge on any atom is -0.406 e. The van der Waals surface area contributed by atoms with Gasteiger partial charge < -0.3 is 20.5 Å². The number of aromatic nitrogens is 2. The van der Waals surface area contributed by atoms with E-state index in [4.69, 9.17) is 0 Å². The molecule has 0 aliphatic heterocycles. The smallest absolute Gasteiger partial charge is 0.406 e. The van der Waals surface area contributed by atoms with E-state index in [2.05, 4.69) is 41.3 Å². The summed E-state index contributed by atoms with van der Waals surface area (Å²) < 4.78 is 43.0. The number of hydrogen-bond donors (Lipinski definition) is 3. The Labute approximate surface area is 198 Å². The Morgan fingerprint density at radius 3 is 2.48 bits per heavy atom. The Balaban J connectivity index is 1.95. The van der Waals surface area contributed by atoms with Crippen molar-refractivity contribution in [2.75, 3.05) is 17.2 Å². The molecule has 0 bridgehead atoms. The first-order chi connectivity index (χ1) is 15.6. The summed E-state index contributed by atoms with van der Waals surface area (Å²) in [5.74, 6) is 0.478. The lowest BCUT2D eigenvalue weighted by atomic mass is 10.1. The van der Waals surface area contributed by atoms with Crippen LogP contribution in [0, 0.1) is 5.92 Å². The molecule has 0 amide bonds. The highest BCUT2D eigenvalue weighted by atomic mass is 79.9. The predicted octanol–water partition coefficient (Wildman–Crippen LogP) is 5.85. The number of hydrogen-bond acceptors (Lipinski definition) is 6. The molecule has 0 unspecified atom stereocenters. The number of benzene rings is 2. The number of rotatable bonds is 9. The zero-order valence-electron chi connectivity index (χ0n) is 18.0. The predicted molar refractivity (Wildman–Crippen MR) is 125 cm³/mol. The number of alkyl halides is 3. The van der Waals surface area contributed by atoms with Crippen LogP contribution in [0.3, 0.4) is 0 Å². The zero-order valence-corrected chi connectivity index (χ0v) is 19.6. The van der Waals surface area contributed by atoms with E-state index < -0.39 is 6.36 Å². The molecule has 0 spiro atoms. The van der Waals surface area contributed by atoms with Crippen molar-refractivity contribution in [2.45, 2.75) is 32.8 Å². The van der Waals surface area contributed by atoms with Crippen LogP contribution in [0.5, 0.6) is 5.75 Å². The van der Waals surface area contributed by atoms with Gasteiger partial charge in [0.1, 0.15) is 11.6 Å². The summed E-state index contributed by atoms with van der Waals surface area (Å²) in [5, 5.41) is 16.0. The fraction of sp³-hybridized carbons (Fsp3) is 0.304. The Kier molecular flexibility index (Phi) is 8.15. The lowest BCUT2D eigenvalue weighted by Gasteiger charge is -2.21. The Morgan fingerprint density at radius 2 is 1.82 bits per heavy atom. The van der Waals surface area contributed by atoms with Crippen molar-refractivity contribution in [3.8, 4) is 17.0 Å². The van der Waals surface area contributed by atoms with Gasteiger partial charge in [0.2, 0.25) is 5.95 Å². The highest BCUT2D eigenvalue weighted by molar-refractivity contribution is 9.10. The molecule has 1 atom stereocenters. The first-order valence-electron chi connectivity index (χ1n) is 10.2. The van der Waals surface area contributed by atoms with Gasteiger partial charge in [-0.15, -0.1) is 13.2 Å².